The minimum absolute atomic E-state index is 0.0943. The summed E-state index contributed by atoms with van der Waals surface area (Å²) >= 11 is 12.7. The summed E-state index contributed by atoms with van der Waals surface area (Å²) in [6.07, 6.45) is 8.53. The highest BCUT2D eigenvalue weighted by Crippen LogP contribution is 2.35. The van der Waals surface area contributed by atoms with E-state index >= 15 is 0 Å². The molecule has 1 saturated heterocycles. The average molecular weight is 520 g/mol. The molecule has 2 aromatic rings. The number of aromatic nitrogens is 2. The molecule has 1 saturated carbocycles. The number of amides is 1. The lowest BCUT2D eigenvalue weighted by atomic mass is 9.84. The fourth-order valence-electron chi connectivity index (χ4n) is 5.17. The molecule has 0 unspecified atom stereocenters. The van der Waals surface area contributed by atoms with Crippen LogP contribution in [0.2, 0.25) is 10.0 Å². The van der Waals surface area contributed by atoms with Gasteiger partial charge in [0.05, 0.1) is 15.7 Å². The third-order valence-corrected chi connectivity index (χ3v) is 8.05. The number of nitrogens with zero attached hydrogens (tertiary/aromatic N) is 4. The summed E-state index contributed by atoms with van der Waals surface area (Å²) in [5.41, 5.74) is 1.85. The Morgan fingerprint density at radius 2 is 1.83 bits per heavy atom. The van der Waals surface area contributed by atoms with E-state index in [4.69, 9.17) is 28.2 Å². The van der Waals surface area contributed by atoms with Crippen molar-refractivity contribution in [2.75, 3.05) is 42.9 Å². The third-order valence-electron chi connectivity index (χ3n) is 7.24. The number of carbonyl (C=O) groups is 1. The van der Waals surface area contributed by atoms with Gasteiger partial charge in [-0.15, -0.1) is 0 Å². The number of piperazine rings is 1. The van der Waals surface area contributed by atoms with Gasteiger partial charge in [-0.2, -0.15) is 4.98 Å². The van der Waals surface area contributed by atoms with E-state index in [1.54, 1.807) is 13.1 Å². The van der Waals surface area contributed by atoms with Gasteiger partial charge in [-0.25, -0.2) is 4.98 Å². The lowest BCUT2D eigenvalue weighted by Crippen LogP contribution is -2.47. The quantitative estimate of drug-likeness (QED) is 0.494. The Morgan fingerprint density at radius 1 is 1.09 bits per heavy atom. The van der Waals surface area contributed by atoms with Gasteiger partial charge in [0.15, 0.2) is 0 Å². The summed E-state index contributed by atoms with van der Waals surface area (Å²) in [6, 6.07) is 6.15. The van der Waals surface area contributed by atoms with Crippen LogP contribution in [0.4, 0.5) is 17.5 Å². The summed E-state index contributed by atoms with van der Waals surface area (Å²) < 4.78 is 0. The van der Waals surface area contributed by atoms with Gasteiger partial charge in [0.2, 0.25) is 11.9 Å². The molecule has 0 spiro atoms. The van der Waals surface area contributed by atoms with Gasteiger partial charge in [-0.1, -0.05) is 36.2 Å². The molecule has 35 heavy (non-hydrogen) atoms. The Labute approximate surface area is 218 Å². The van der Waals surface area contributed by atoms with Crippen LogP contribution in [0.15, 0.2) is 24.4 Å². The van der Waals surface area contributed by atoms with Gasteiger partial charge >= 0.3 is 0 Å². The summed E-state index contributed by atoms with van der Waals surface area (Å²) in [6.45, 7) is 8.81. The number of halogens is 2. The lowest BCUT2D eigenvalue weighted by Gasteiger charge is -2.36. The van der Waals surface area contributed by atoms with Crippen molar-refractivity contribution in [2.24, 2.45) is 5.92 Å². The van der Waals surface area contributed by atoms with Gasteiger partial charge in [-0.3, -0.25) is 9.69 Å². The van der Waals surface area contributed by atoms with Crippen molar-refractivity contribution < 1.29 is 4.79 Å². The summed E-state index contributed by atoms with van der Waals surface area (Å²) in [4.78, 5) is 25.3. The number of hydrogen-bond donors (Lipinski definition) is 2. The van der Waals surface area contributed by atoms with Crippen molar-refractivity contribution in [3.8, 4) is 0 Å². The maximum Gasteiger partial charge on any atom is 0.229 e. The SMILES string of the molecule is CCc1ccc(Cl)c(Cl)c1Nc1nccc(N2CCN(CCC3CCC(NC(C)=O)CC3)CC2)n1. The summed E-state index contributed by atoms with van der Waals surface area (Å²) in [5, 5.41) is 7.38. The Morgan fingerprint density at radius 3 is 2.51 bits per heavy atom. The van der Waals surface area contributed by atoms with Gasteiger partial charge < -0.3 is 15.5 Å². The molecule has 1 aliphatic carbocycles. The normalized spacial score (nSPS) is 21.1. The van der Waals surface area contributed by atoms with E-state index in [0.29, 0.717) is 22.0 Å². The van der Waals surface area contributed by atoms with Crippen LogP contribution in [0, 0.1) is 5.92 Å². The zero-order valence-electron chi connectivity index (χ0n) is 20.7. The topological polar surface area (TPSA) is 73.4 Å². The van der Waals surface area contributed by atoms with Gasteiger partial charge in [0.25, 0.3) is 0 Å². The van der Waals surface area contributed by atoms with Crippen molar-refractivity contribution in [2.45, 2.75) is 58.4 Å². The highest BCUT2D eigenvalue weighted by molar-refractivity contribution is 6.43. The van der Waals surface area contributed by atoms with E-state index in [1.807, 2.05) is 18.2 Å². The molecule has 0 atom stereocenters. The molecular weight excluding hydrogens is 483 g/mol. The molecule has 4 rings (SSSR count). The number of aryl methyl sites for hydroxylation is 1. The van der Waals surface area contributed by atoms with E-state index in [0.717, 1.165) is 75.0 Å². The van der Waals surface area contributed by atoms with Crippen molar-refractivity contribution in [3.63, 3.8) is 0 Å². The van der Waals surface area contributed by atoms with Gasteiger partial charge in [-0.05, 0) is 68.7 Å². The largest absolute Gasteiger partial charge is 0.354 e. The van der Waals surface area contributed by atoms with E-state index in [2.05, 4.69) is 32.3 Å². The Kier molecular flexibility index (Phi) is 9.09. The third kappa shape index (κ3) is 6.99. The predicted octanol–water partition coefficient (Wildman–Crippen LogP) is 5.30. The molecule has 1 aromatic heterocycles. The second-order valence-electron chi connectivity index (χ2n) is 9.65. The van der Waals surface area contributed by atoms with Crippen LogP contribution < -0.4 is 15.5 Å². The van der Waals surface area contributed by atoms with Crippen LogP contribution in [0.25, 0.3) is 0 Å². The van der Waals surface area contributed by atoms with E-state index in [1.165, 1.54) is 19.3 Å². The average Bonchev–Trinajstić information content (AvgIpc) is 2.87. The van der Waals surface area contributed by atoms with E-state index < -0.39 is 0 Å². The number of hydrogen-bond acceptors (Lipinski definition) is 6. The molecule has 1 aromatic carbocycles. The molecule has 0 radical (unpaired) electrons. The molecule has 1 aliphatic heterocycles. The van der Waals surface area contributed by atoms with Crippen molar-refractivity contribution in [1.82, 2.24) is 20.2 Å². The van der Waals surface area contributed by atoms with Crippen LogP contribution in [-0.2, 0) is 11.2 Å². The van der Waals surface area contributed by atoms with Crippen molar-refractivity contribution >= 4 is 46.6 Å². The maximum atomic E-state index is 11.3. The molecule has 1 amide bonds. The maximum absolute atomic E-state index is 11.3. The van der Waals surface area contributed by atoms with E-state index in [-0.39, 0.29) is 5.91 Å². The first kappa shape index (κ1) is 26.0. The van der Waals surface area contributed by atoms with Crippen LogP contribution in [0.5, 0.6) is 0 Å². The predicted molar refractivity (Wildman–Crippen MR) is 144 cm³/mol. The van der Waals surface area contributed by atoms with Gasteiger partial charge in [0, 0.05) is 45.3 Å². The molecule has 2 fully saturated rings. The minimum Gasteiger partial charge on any atom is -0.354 e. The van der Waals surface area contributed by atoms with Crippen LogP contribution in [0.3, 0.4) is 0 Å². The second kappa shape index (κ2) is 12.2. The number of carbonyl (C=O) groups excluding carboxylic acids is 1. The molecule has 7 nitrogen and oxygen atoms in total. The summed E-state index contributed by atoms with van der Waals surface area (Å²) in [5.74, 6) is 2.32. The van der Waals surface area contributed by atoms with Crippen LogP contribution in [0.1, 0.15) is 51.5 Å². The first-order valence-corrected chi connectivity index (χ1v) is 13.5. The lowest BCUT2D eigenvalue weighted by molar-refractivity contribution is -0.119. The first-order chi connectivity index (χ1) is 16.9. The Balaban J connectivity index is 1.26. The molecule has 0 bridgehead atoms. The molecular formula is C26H36Cl2N6O. The smallest absolute Gasteiger partial charge is 0.229 e. The zero-order chi connectivity index (χ0) is 24.8. The van der Waals surface area contributed by atoms with Crippen molar-refractivity contribution in [1.29, 1.82) is 0 Å². The second-order valence-corrected chi connectivity index (χ2v) is 10.4. The molecule has 2 heterocycles. The zero-order valence-corrected chi connectivity index (χ0v) is 22.2. The van der Waals surface area contributed by atoms with Crippen LogP contribution in [-0.4, -0.2) is 59.5 Å². The number of nitrogens with one attached hydrogen (secondary N) is 2. The first-order valence-electron chi connectivity index (χ1n) is 12.7. The fraction of sp³-hybridized carbons (Fsp3) is 0.577. The Hall–Kier alpha value is -2.09. The highest BCUT2D eigenvalue weighted by atomic mass is 35.5. The standard InChI is InChI=1S/C26H36Cl2N6O/c1-3-20-6-9-22(27)24(28)25(20)32-26-29-12-10-23(31-26)34-16-14-33(15-17-34)13-11-19-4-7-21(8-5-19)30-18(2)35/h6,9-10,12,19,21H,3-5,7-8,11,13-17H2,1-2H3,(H,30,35)(H,29,31,32). The molecule has 2 aliphatic rings. The van der Waals surface area contributed by atoms with Gasteiger partial charge in [0.1, 0.15) is 5.82 Å². The number of rotatable bonds is 8. The molecule has 2 N–H and O–H groups in total. The van der Waals surface area contributed by atoms with E-state index in [9.17, 15) is 4.79 Å². The number of anilines is 3. The monoisotopic (exact) mass is 518 g/mol. The Bertz CT molecular complexity index is 1000. The summed E-state index contributed by atoms with van der Waals surface area (Å²) in [7, 11) is 0. The van der Waals surface area contributed by atoms with Crippen LogP contribution >= 0.6 is 23.2 Å². The molecule has 9 heteroatoms. The van der Waals surface area contributed by atoms with Crippen molar-refractivity contribution in [3.05, 3.63) is 40.0 Å². The number of benzene rings is 1. The minimum atomic E-state index is 0.0943. The molecule has 190 valence electrons. The highest BCUT2D eigenvalue weighted by Gasteiger charge is 2.24. The fourth-order valence-corrected chi connectivity index (χ4v) is 5.56.